The molecule has 3 aromatic heterocycles. The van der Waals surface area contributed by atoms with Gasteiger partial charge in [0.25, 0.3) is 11.5 Å². The van der Waals surface area contributed by atoms with Gasteiger partial charge in [-0.1, -0.05) is 0 Å². The Bertz CT molecular complexity index is 1140. The Balaban J connectivity index is 2.09. The van der Waals surface area contributed by atoms with Crippen molar-refractivity contribution in [2.24, 2.45) is 14.1 Å². The van der Waals surface area contributed by atoms with E-state index < -0.39 is 17.2 Å². The number of hydrogen-bond acceptors (Lipinski definition) is 5. The summed E-state index contributed by atoms with van der Waals surface area (Å²) in [5.74, 6) is -0.416. The van der Waals surface area contributed by atoms with Gasteiger partial charge in [0.2, 0.25) is 0 Å². The number of rotatable bonds is 3. The maximum atomic E-state index is 12.9. The number of fused-ring (bicyclic) bond motifs is 1. The Kier molecular flexibility index (Phi) is 4.23. The van der Waals surface area contributed by atoms with Crippen molar-refractivity contribution < 1.29 is 4.79 Å². The molecule has 0 unspecified atom stereocenters. The number of pyridine rings is 1. The average Bonchev–Trinajstić information content (AvgIpc) is 2.91. The normalized spacial score (nSPS) is 12.3. The Morgan fingerprint density at radius 3 is 2.58 bits per heavy atom. The van der Waals surface area contributed by atoms with E-state index in [0.29, 0.717) is 5.69 Å². The third-order valence-electron chi connectivity index (χ3n) is 4.53. The Hall–Kier alpha value is -3.23. The molecular weight excluding hydrogens is 336 g/mol. The first-order chi connectivity index (χ1) is 12.2. The molecule has 2 N–H and O–H groups in total. The molecule has 0 aliphatic carbocycles. The van der Waals surface area contributed by atoms with Crippen LogP contribution in [0.1, 0.15) is 40.3 Å². The summed E-state index contributed by atoms with van der Waals surface area (Å²) in [6, 6.07) is 1.24. The third-order valence-corrected chi connectivity index (χ3v) is 4.53. The zero-order valence-corrected chi connectivity index (χ0v) is 15.2. The van der Waals surface area contributed by atoms with Crippen LogP contribution in [0.2, 0.25) is 0 Å². The van der Waals surface area contributed by atoms with Gasteiger partial charge in [-0.25, -0.2) is 9.78 Å². The molecule has 0 radical (unpaired) electrons. The minimum Gasteiger partial charge on any atom is -0.345 e. The molecule has 0 saturated heterocycles. The molecule has 0 fully saturated rings. The Morgan fingerprint density at radius 1 is 1.27 bits per heavy atom. The number of nitrogens with one attached hydrogen (secondary N) is 2. The number of aromatic nitrogens is 5. The molecule has 1 atom stereocenters. The van der Waals surface area contributed by atoms with E-state index in [1.807, 2.05) is 20.9 Å². The molecule has 9 nitrogen and oxygen atoms in total. The van der Waals surface area contributed by atoms with Crippen LogP contribution in [-0.4, -0.2) is 30.2 Å². The molecule has 0 aliphatic rings. The van der Waals surface area contributed by atoms with E-state index in [9.17, 15) is 14.4 Å². The summed E-state index contributed by atoms with van der Waals surface area (Å²) in [6.07, 6.45) is 1.70. The topological polar surface area (TPSA) is 115 Å². The van der Waals surface area contributed by atoms with E-state index >= 15 is 0 Å². The van der Waals surface area contributed by atoms with E-state index in [1.54, 1.807) is 23.9 Å². The van der Waals surface area contributed by atoms with Gasteiger partial charge in [-0.15, -0.1) is 0 Å². The van der Waals surface area contributed by atoms with E-state index in [-0.39, 0.29) is 22.6 Å². The number of H-pyrrole nitrogens is 1. The standard InChI is InChI=1S/C17H20N6O3/c1-8-6-11(13-14(19-8)22(4)17(26)21-16(13)25)15(24)20-9(2)12-7-18-23(5)10(12)3/h6-7,9H,1-5H3,(H,20,24)(H,21,25,26)/t9-/m0/s1. The first kappa shape index (κ1) is 17.6. The van der Waals surface area contributed by atoms with Crippen LogP contribution >= 0.6 is 0 Å². The number of nitrogens with zero attached hydrogens (tertiary/aromatic N) is 4. The molecule has 0 spiro atoms. The van der Waals surface area contributed by atoms with Crippen LogP contribution in [0, 0.1) is 13.8 Å². The van der Waals surface area contributed by atoms with Crippen molar-refractivity contribution in [3.63, 3.8) is 0 Å². The van der Waals surface area contributed by atoms with Crippen LogP contribution in [0.5, 0.6) is 0 Å². The third kappa shape index (κ3) is 2.81. The molecule has 3 rings (SSSR count). The molecule has 26 heavy (non-hydrogen) atoms. The fourth-order valence-electron chi connectivity index (χ4n) is 2.93. The lowest BCUT2D eigenvalue weighted by molar-refractivity contribution is 0.0941. The van der Waals surface area contributed by atoms with Gasteiger partial charge >= 0.3 is 5.69 Å². The van der Waals surface area contributed by atoms with Gasteiger partial charge in [-0.05, 0) is 26.8 Å². The molecule has 1 amide bonds. The number of amides is 1. The second-order valence-corrected chi connectivity index (χ2v) is 6.33. The van der Waals surface area contributed by atoms with Gasteiger partial charge in [-0.2, -0.15) is 5.10 Å². The molecular formula is C17H20N6O3. The SMILES string of the molecule is Cc1cc(C(=O)N[C@@H](C)c2cnn(C)c2C)c2c(=O)[nH]c(=O)n(C)c2n1. The first-order valence-electron chi connectivity index (χ1n) is 8.10. The molecule has 0 saturated carbocycles. The van der Waals surface area contributed by atoms with Gasteiger partial charge in [0.1, 0.15) is 5.65 Å². The highest BCUT2D eigenvalue weighted by Crippen LogP contribution is 2.18. The summed E-state index contributed by atoms with van der Waals surface area (Å²) in [5.41, 5.74) is 1.50. The highest BCUT2D eigenvalue weighted by molar-refractivity contribution is 6.05. The summed E-state index contributed by atoms with van der Waals surface area (Å²) in [7, 11) is 3.32. The van der Waals surface area contributed by atoms with Crippen LogP contribution < -0.4 is 16.6 Å². The highest BCUT2D eigenvalue weighted by atomic mass is 16.2. The van der Waals surface area contributed by atoms with Gasteiger partial charge in [0.15, 0.2) is 0 Å². The van der Waals surface area contributed by atoms with Gasteiger partial charge < -0.3 is 5.32 Å². The van der Waals surface area contributed by atoms with E-state index in [0.717, 1.165) is 11.3 Å². The zero-order chi connectivity index (χ0) is 19.2. The smallest absolute Gasteiger partial charge is 0.329 e. The molecule has 0 bridgehead atoms. The minimum absolute atomic E-state index is 0.0882. The number of carbonyl (C=O) groups is 1. The monoisotopic (exact) mass is 356 g/mol. The van der Waals surface area contributed by atoms with Crippen molar-refractivity contribution in [2.75, 3.05) is 0 Å². The molecule has 0 aromatic carbocycles. The van der Waals surface area contributed by atoms with Crippen molar-refractivity contribution in [1.29, 1.82) is 0 Å². The van der Waals surface area contributed by atoms with Crippen LogP contribution in [0.4, 0.5) is 0 Å². The van der Waals surface area contributed by atoms with Crippen LogP contribution in [-0.2, 0) is 14.1 Å². The lowest BCUT2D eigenvalue weighted by atomic mass is 10.1. The van der Waals surface area contributed by atoms with Gasteiger partial charge in [0, 0.05) is 31.0 Å². The molecule has 3 aromatic rings. The average molecular weight is 356 g/mol. The summed E-state index contributed by atoms with van der Waals surface area (Å²) >= 11 is 0. The van der Waals surface area contributed by atoms with Crippen LogP contribution in [0.3, 0.4) is 0 Å². The molecule has 0 aliphatic heterocycles. The number of hydrogen-bond donors (Lipinski definition) is 2. The predicted molar refractivity (Wildman–Crippen MR) is 96.2 cm³/mol. The van der Waals surface area contributed by atoms with Gasteiger partial charge in [-0.3, -0.25) is 23.8 Å². The fraction of sp³-hybridized carbons (Fsp3) is 0.353. The Labute approximate surface area is 148 Å². The van der Waals surface area contributed by atoms with E-state index in [1.165, 1.54) is 11.6 Å². The Morgan fingerprint density at radius 2 is 1.96 bits per heavy atom. The number of aromatic amines is 1. The molecule has 3 heterocycles. The van der Waals surface area contributed by atoms with E-state index in [4.69, 9.17) is 0 Å². The van der Waals surface area contributed by atoms with Crippen molar-refractivity contribution in [2.45, 2.75) is 26.8 Å². The zero-order valence-electron chi connectivity index (χ0n) is 15.2. The minimum atomic E-state index is -0.633. The summed E-state index contributed by atoms with van der Waals surface area (Å²) in [4.78, 5) is 43.4. The maximum Gasteiger partial charge on any atom is 0.329 e. The summed E-state index contributed by atoms with van der Waals surface area (Å²) < 4.78 is 2.94. The van der Waals surface area contributed by atoms with Crippen molar-refractivity contribution in [3.8, 4) is 0 Å². The predicted octanol–water partition coefficient (Wildman–Crippen LogP) is 0.463. The number of aryl methyl sites for hydroxylation is 3. The first-order valence-corrected chi connectivity index (χ1v) is 8.10. The summed E-state index contributed by atoms with van der Waals surface area (Å²) in [5, 5.41) is 7.15. The largest absolute Gasteiger partial charge is 0.345 e. The fourth-order valence-corrected chi connectivity index (χ4v) is 2.93. The van der Waals surface area contributed by atoms with Crippen molar-refractivity contribution in [3.05, 3.63) is 55.6 Å². The molecule has 136 valence electrons. The maximum absolute atomic E-state index is 12.9. The quantitative estimate of drug-likeness (QED) is 0.708. The lowest BCUT2D eigenvalue weighted by Gasteiger charge is -2.15. The van der Waals surface area contributed by atoms with Crippen LogP contribution in [0.15, 0.2) is 21.9 Å². The second kappa shape index (κ2) is 6.25. The molecule has 9 heteroatoms. The second-order valence-electron chi connectivity index (χ2n) is 6.33. The van der Waals surface area contributed by atoms with Crippen molar-refractivity contribution >= 4 is 16.9 Å². The van der Waals surface area contributed by atoms with Crippen molar-refractivity contribution in [1.82, 2.24) is 29.6 Å². The van der Waals surface area contributed by atoms with Gasteiger partial charge in [0.05, 0.1) is 23.2 Å². The lowest BCUT2D eigenvalue weighted by Crippen LogP contribution is -2.33. The summed E-state index contributed by atoms with van der Waals surface area (Å²) in [6.45, 7) is 5.46. The van der Waals surface area contributed by atoms with Crippen LogP contribution in [0.25, 0.3) is 11.0 Å². The number of carbonyl (C=O) groups excluding carboxylic acids is 1. The van der Waals surface area contributed by atoms with E-state index in [2.05, 4.69) is 20.4 Å². The highest BCUT2D eigenvalue weighted by Gasteiger charge is 2.20.